The first kappa shape index (κ1) is 14.1. The Morgan fingerprint density at radius 3 is 2.24 bits per heavy atom. The van der Waals surface area contributed by atoms with E-state index in [9.17, 15) is 17.9 Å². The second-order valence-corrected chi connectivity index (χ2v) is 7.44. The Bertz CT molecular complexity index is 500. The Balaban J connectivity index is 3.25. The molecular weight excluding hydrogens is 243 g/mol. The van der Waals surface area contributed by atoms with Crippen LogP contribution in [0, 0.1) is 12.7 Å². The van der Waals surface area contributed by atoms with Crippen LogP contribution in [0.1, 0.15) is 31.1 Å². The number of aliphatic hydroxyl groups excluding tert-OH is 1. The molecule has 0 spiro atoms. The lowest BCUT2D eigenvalue weighted by atomic mass is 9.97. The van der Waals surface area contributed by atoms with E-state index in [1.807, 2.05) is 0 Å². The van der Waals surface area contributed by atoms with Crippen molar-refractivity contribution in [2.45, 2.75) is 31.6 Å². The third-order valence-electron chi connectivity index (χ3n) is 2.99. The molecular formula is C12H17FO3S. The second kappa shape index (κ2) is 4.38. The average Bonchev–Trinajstić information content (AvgIpc) is 2.13. The third-order valence-corrected chi connectivity index (χ3v) is 5.13. The predicted octanol–water partition coefficient (Wildman–Crippen LogP) is 1.99. The summed E-state index contributed by atoms with van der Waals surface area (Å²) in [5.74, 6) is -0.483. The molecule has 0 aliphatic rings. The van der Waals surface area contributed by atoms with Crippen molar-refractivity contribution in [1.29, 1.82) is 0 Å². The molecule has 0 heterocycles. The lowest BCUT2D eigenvalue weighted by Crippen LogP contribution is -2.37. The fourth-order valence-electron chi connectivity index (χ4n) is 1.53. The maximum atomic E-state index is 13.2. The number of benzene rings is 1. The van der Waals surface area contributed by atoms with Gasteiger partial charge >= 0.3 is 0 Å². The molecule has 0 bridgehead atoms. The average molecular weight is 260 g/mol. The van der Waals surface area contributed by atoms with E-state index in [-0.39, 0.29) is 5.56 Å². The number of aliphatic hydroxyl groups is 1. The zero-order chi connectivity index (χ0) is 13.4. The van der Waals surface area contributed by atoms with Crippen LogP contribution < -0.4 is 0 Å². The molecule has 0 saturated heterocycles. The van der Waals surface area contributed by atoms with Crippen molar-refractivity contribution in [3.63, 3.8) is 0 Å². The molecule has 0 saturated carbocycles. The van der Waals surface area contributed by atoms with Crippen LogP contribution in [0.5, 0.6) is 0 Å². The van der Waals surface area contributed by atoms with Crippen LogP contribution in [-0.4, -0.2) is 24.5 Å². The SMILES string of the molecule is Cc1cc(F)cc(C(O)C(C)(C)S(C)(=O)=O)c1. The van der Waals surface area contributed by atoms with Crippen molar-refractivity contribution in [2.24, 2.45) is 0 Å². The van der Waals surface area contributed by atoms with E-state index in [2.05, 4.69) is 0 Å². The number of hydrogen-bond donors (Lipinski definition) is 1. The van der Waals surface area contributed by atoms with Gasteiger partial charge in [0.1, 0.15) is 5.82 Å². The largest absolute Gasteiger partial charge is 0.387 e. The van der Waals surface area contributed by atoms with Crippen LogP contribution in [0.3, 0.4) is 0 Å². The predicted molar refractivity (Wildman–Crippen MR) is 65.0 cm³/mol. The fraction of sp³-hybridized carbons (Fsp3) is 0.500. The molecule has 0 aliphatic heterocycles. The normalized spacial score (nSPS) is 14.7. The van der Waals surface area contributed by atoms with E-state index in [4.69, 9.17) is 0 Å². The summed E-state index contributed by atoms with van der Waals surface area (Å²) in [7, 11) is -3.45. The van der Waals surface area contributed by atoms with Crippen LogP contribution in [0.4, 0.5) is 4.39 Å². The molecule has 0 fully saturated rings. The van der Waals surface area contributed by atoms with Gasteiger partial charge in [0, 0.05) is 6.26 Å². The molecule has 0 amide bonds. The Hall–Kier alpha value is -0.940. The van der Waals surface area contributed by atoms with E-state index in [0.717, 1.165) is 12.3 Å². The first-order chi connectivity index (χ1) is 7.55. The molecule has 1 atom stereocenters. The maximum Gasteiger partial charge on any atom is 0.155 e. The summed E-state index contributed by atoms with van der Waals surface area (Å²) in [5, 5.41) is 10.1. The topological polar surface area (TPSA) is 54.4 Å². The summed E-state index contributed by atoms with van der Waals surface area (Å²) in [6, 6.07) is 4.06. The summed E-state index contributed by atoms with van der Waals surface area (Å²) in [4.78, 5) is 0. The van der Waals surface area contributed by atoms with E-state index >= 15 is 0 Å². The third kappa shape index (κ3) is 2.84. The molecule has 0 aliphatic carbocycles. The highest BCUT2D eigenvalue weighted by atomic mass is 32.2. The number of halogens is 1. The Morgan fingerprint density at radius 2 is 1.82 bits per heavy atom. The van der Waals surface area contributed by atoms with Gasteiger partial charge in [0.05, 0.1) is 10.9 Å². The van der Waals surface area contributed by atoms with Crippen molar-refractivity contribution in [1.82, 2.24) is 0 Å². The number of aryl methyl sites for hydroxylation is 1. The van der Waals surface area contributed by atoms with Crippen molar-refractivity contribution >= 4 is 9.84 Å². The molecule has 1 aromatic carbocycles. The quantitative estimate of drug-likeness (QED) is 0.904. The molecule has 1 unspecified atom stereocenters. The standard InChI is InChI=1S/C12H17FO3S/c1-8-5-9(7-10(13)6-8)11(14)12(2,3)17(4,15)16/h5-7,11,14H,1-4H3. The highest BCUT2D eigenvalue weighted by molar-refractivity contribution is 7.92. The van der Waals surface area contributed by atoms with Crippen molar-refractivity contribution in [2.75, 3.05) is 6.26 Å². The summed E-state index contributed by atoms with van der Waals surface area (Å²) in [5.41, 5.74) is 0.918. The van der Waals surface area contributed by atoms with Gasteiger partial charge in [-0.3, -0.25) is 0 Å². The molecule has 3 nitrogen and oxygen atoms in total. The van der Waals surface area contributed by atoms with Crippen LogP contribution in [0.25, 0.3) is 0 Å². The van der Waals surface area contributed by atoms with E-state index in [1.165, 1.54) is 19.9 Å². The fourth-order valence-corrected chi connectivity index (χ4v) is 2.07. The van der Waals surface area contributed by atoms with Crippen LogP contribution in [0.2, 0.25) is 0 Å². The lowest BCUT2D eigenvalue weighted by Gasteiger charge is -2.29. The Kier molecular flexibility index (Phi) is 3.64. The first-order valence-corrected chi connectivity index (χ1v) is 7.09. The van der Waals surface area contributed by atoms with Gasteiger partial charge in [-0.25, -0.2) is 12.8 Å². The van der Waals surface area contributed by atoms with Gasteiger partial charge in [-0.2, -0.15) is 0 Å². The van der Waals surface area contributed by atoms with E-state index in [0.29, 0.717) is 5.56 Å². The molecule has 17 heavy (non-hydrogen) atoms. The van der Waals surface area contributed by atoms with Gasteiger partial charge in [-0.1, -0.05) is 6.07 Å². The molecule has 1 aromatic rings. The van der Waals surface area contributed by atoms with Crippen molar-refractivity contribution in [3.8, 4) is 0 Å². The smallest absolute Gasteiger partial charge is 0.155 e. The van der Waals surface area contributed by atoms with Crippen molar-refractivity contribution < 1.29 is 17.9 Å². The van der Waals surface area contributed by atoms with E-state index < -0.39 is 26.5 Å². The van der Waals surface area contributed by atoms with Crippen LogP contribution in [-0.2, 0) is 9.84 Å². The maximum absolute atomic E-state index is 13.2. The Morgan fingerprint density at radius 1 is 1.29 bits per heavy atom. The van der Waals surface area contributed by atoms with Gasteiger partial charge in [0.25, 0.3) is 0 Å². The first-order valence-electron chi connectivity index (χ1n) is 5.20. The molecule has 96 valence electrons. The van der Waals surface area contributed by atoms with Gasteiger partial charge in [-0.05, 0) is 44.0 Å². The molecule has 0 aromatic heterocycles. The summed E-state index contributed by atoms with van der Waals surface area (Å²) in [6.45, 7) is 4.53. The number of sulfone groups is 1. The van der Waals surface area contributed by atoms with Gasteiger partial charge in [-0.15, -0.1) is 0 Å². The minimum atomic E-state index is -3.45. The monoisotopic (exact) mass is 260 g/mol. The zero-order valence-corrected chi connectivity index (χ0v) is 11.2. The summed E-state index contributed by atoms with van der Waals surface area (Å²) < 4.78 is 35.0. The molecule has 1 rings (SSSR count). The highest BCUT2D eigenvalue weighted by Gasteiger charge is 2.39. The van der Waals surface area contributed by atoms with Gasteiger partial charge in [0.15, 0.2) is 9.84 Å². The summed E-state index contributed by atoms with van der Waals surface area (Å²) >= 11 is 0. The number of rotatable bonds is 3. The van der Waals surface area contributed by atoms with Gasteiger partial charge < -0.3 is 5.11 Å². The van der Waals surface area contributed by atoms with Gasteiger partial charge in [0.2, 0.25) is 0 Å². The van der Waals surface area contributed by atoms with Crippen LogP contribution in [0.15, 0.2) is 18.2 Å². The second-order valence-electron chi connectivity index (χ2n) is 4.84. The summed E-state index contributed by atoms with van der Waals surface area (Å²) in [6.07, 6.45) is -0.200. The lowest BCUT2D eigenvalue weighted by molar-refractivity contribution is 0.139. The van der Waals surface area contributed by atoms with E-state index in [1.54, 1.807) is 13.0 Å². The zero-order valence-electron chi connectivity index (χ0n) is 10.4. The van der Waals surface area contributed by atoms with Crippen LogP contribution >= 0.6 is 0 Å². The highest BCUT2D eigenvalue weighted by Crippen LogP contribution is 2.32. The number of hydrogen-bond acceptors (Lipinski definition) is 3. The molecule has 1 N–H and O–H groups in total. The van der Waals surface area contributed by atoms with Crippen molar-refractivity contribution in [3.05, 3.63) is 35.1 Å². The Labute approximate surface area is 101 Å². The molecule has 0 radical (unpaired) electrons. The molecule has 5 heteroatoms. The minimum absolute atomic E-state index is 0.276. The minimum Gasteiger partial charge on any atom is -0.387 e.